The van der Waals surface area contributed by atoms with Crippen molar-refractivity contribution >= 4 is 16.9 Å². The smallest absolute Gasteiger partial charge is 0.155 e. The van der Waals surface area contributed by atoms with Gasteiger partial charge < -0.3 is 4.90 Å². The third kappa shape index (κ3) is 2.03. The van der Waals surface area contributed by atoms with Crippen LogP contribution in [0.5, 0.6) is 0 Å². The highest BCUT2D eigenvalue weighted by molar-refractivity contribution is 5.84. The normalized spacial score (nSPS) is 15.0. The van der Waals surface area contributed by atoms with Gasteiger partial charge in [0, 0.05) is 42.6 Å². The van der Waals surface area contributed by atoms with E-state index in [-0.39, 0.29) is 0 Å². The number of pyridine rings is 1. The Morgan fingerprint density at radius 2 is 1.90 bits per heavy atom. The zero-order chi connectivity index (χ0) is 14.2. The second kappa shape index (κ2) is 4.80. The van der Waals surface area contributed by atoms with Crippen molar-refractivity contribution in [3.63, 3.8) is 0 Å². The van der Waals surface area contributed by atoms with Crippen molar-refractivity contribution in [1.82, 2.24) is 25.1 Å². The predicted octanol–water partition coefficient (Wildman–Crippen LogP) is 2.32. The van der Waals surface area contributed by atoms with Crippen molar-refractivity contribution in [2.75, 3.05) is 18.0 Å². The highest BCUT2D eigenvalue weighted by Gasteiger charge is 2.19. The number of aryl methyl sites for hydroxylation is 1. The summed E-state index contributed by atoms with van der Waals surface area (Å²) in [5.41, 5.74) is 3.64. The second-order valence-corrected chi connectivity index (χ2v) is 5.35. The maximum absolute atomic E-state index is 4.54. The van der Waals surface area contributed by atoms with Crippen molar-refractivity contribution in [3.05, 3.63) is 30.4 Å². The van der Waals surface area contributed by atoms with E-state index in [2.05, 4.69) is 36.1 Å². The molecule has 106 valence electrons. The molecule has 0 amide bonds. The quantitative estimate of drug-likeness (QED) is 0.780. The Morgan fingerprint density at radius 3 is 2.76 bits per heavy atom. The Kier molecular flexibility index (Phi) is 2.80. The minimum atomic E-state index is 0.808. The van der Waals surface area contributed by atoms with E-state index in [0.717, 1.165) is 46.9 Å². The van der Waals surface area contributed by atoms with Crippen LogP contribution in [0.2, 0.25) is 0 Å². The predicted molar refractivity (Wildman–Crippen MR) is 81.1 cm³/mol. The van der Waals surface area contributed by atoms with Crippen LogP contribution in [-0.4, -0.2) is 38.2 Å². The summed E-state index contributed by atoms with van der Waals surface area (Å²) in [5.74, 6) is 0.956. The Balaban J connectivity index is 1.85. The van der Waals surface area contributed by atoms with Gasteiger partial charge >= 0.3 is 0 Å². The van der Waals surface area contributed by atoms with Crippen molar-refractivity contribution in [1.29, 1.82) is 0 Å². The number of nitrogens with zero attached hydrogens (tertiary/aromatic N) is 5. The lowest BCUT2D eigenvalue weighted by atomic mass is 10.1. The Labute approximate surface area is 122 Å². The fourth-order valence-electron chi connectivity index (χ4n) is 2.85. The number of aromatic amines is 1. The van der Waals surface area contributed by atoms with Crippen LogP contribution in [0.3, 0.4) is 0 Å². The molecule has 6 heteroatoms. The molecule has 1 aliphatic rings. The number of hydrogen-bond acceptors (Lipinski definition) is 5. The molecular weight excluding hydrogens is 264 g/mol. The first kappa shape index (κ1) is 12.3. The van der Waals surface area contributed by atoms with Crippen LogP contribution in [0.15, 0.2) is 24.7 Å². The van der Waals surface area contributed by atoms with E-state index in [1.54, 1.807) is 12.4 Å². The largest absolute Gasteiger partial charge is 0.355 e. The van der Waals surface area contributed by atoms with Crippen LogP contribution in [0.1, 0.15) is 18.5 Å². The molecule has 0 bridgehead atoms. The number of fused-ring (bicyclic) bond motifs is 1. The Morgan fingerprint density at radius 1 is 1.10 bits per heavy atom. The number of rotatable bonds is 2. The second-order valence-electron chi connectivity index (χ2n) is 5.35. The Bertz CT molecular complexity index is 788. The van der Waals surface area contributed by atoms with Gasteiger partial charge in [-0.05, 0) is 25.8 Å². The van der Waals surface area contributed by atoms with Gasteiger partial charge in [0.2, 0.25) is 0 Å². The summed E-state index contributed by atoms with van der Waals surface area (Å²) in [7, 11) is 0. The molecule has 3 aromatic heterocycles. The van der Waals surface area contributed by atoms with Crippen LogP contribution < -0.4 is 4.90 Å². The van der Waals surface area contributed by atoms with E-state index in [1.165, 1.54) is 12.8 Å². The van der Waals surface area contributed by atoms with Crippen LogP contribution in [0, 0.1) is 6.92 Å². The third-order valence-corrected chi connectivity index (χ3v) is 3.96. The third-order valence-electron chi connectivity index (χ3n) is 3.96. The van der Waals surface area contributed by atoms with E-state index in [0.29, 0.717) is 0 Å². The lowest BCUT2D eigenvalue weighted by Gasteiger charge is -2.18. The van der Waals surface area contributed by atoms with E-state index >= 15 is 0 Å². The average molecular weight is 280 g/mol. The van der Waals surface area contributed by atoms with E-state index in [1.807, 2.05) is 13.1 Å². The topological polar surface area (TPSA) is 70.6 Å². The molecule has 0 atom stereocenters. The maximum Gasteiger partial charge on any atom is 0.155 e. The molecule has 1 aliphatic heterocycles. The van der Waals surface area contributed by atoms with Gasteiger partial charge in [-0.3, -0.25) is 10.1 Å². The van der Waals surface area contributed by atoms with Crippen molar-refractivity contribution in [2.24, 2.45) is 0 Å². The molecule has 0 saturated carbocycles. The van der Waals surface area contributed by atoms with Crippen molar-refractivity contribution in [3.8, 4) is 11.3 Å². The highest BCUT2D eigenvalue weighted by atomic mass is 15.2. The van der Waals surface area contributed by atoms with Crippen LogP contribution in [-0.2, 0) is 0 Å². The molecule has 4 heterocycles. The standard InChI is InChI=1S/C15H16N6/c1-10-12-8-11(9-18-14(12)20-19-10)13-15(17-5-4-16-13)21-6-2-3-7-21/h4-5,8-9H,2-3,6-7H2,1H3,(H,18,19,20). The minimum Gasteiger partial charge on any atom is -0.355 e. The van der Waals surface area contributed by atoms with Gasteiger partial charge in [0.15, 0.2) is 11.5 Å². The summed E-state index contributed by atoms with van der Waals surface area (Å²) in [4.78, 5) is 15.8. The van der Waals surface area contributed by atoms with Gasteiger partial charge in [-0.15, -0.1) is 0 Å². The fourth-order valence-corrected chi connectivity index (χ4v) is 2.85. The van der Waals surface area contributed by atoms with Crippen molar-refractivity contribution in [2.45, 2.75) is 19.8 Å². The lowest BCUT2D eigenvalue weighted by Crippen LogP contribution is -2.20. The summed E-state index contributed by atoms with van der Waals surface area (Å²) in [5, 5.41) is 8.16. The molecule has 1 N–H and O–H groups in total. The van der Waals surface area contributed by atoms with Gasteiger partial charge in [0.1, 0.15) is 5.69 Å². The molecule has 3 aromatic rings. The highest BCUT2D eigenvalue weighted by Crippen LogP contribution is 2.30. The van der Waals surface area contributed by atoms with Crippen molar-refractivity contribution < 1.29 is 0 Å². The first-order valence-electron chi connectivity index (χ1n) is 7.20. The summed E-state index contributed by atoms with van der Waals surface area (Å²) in [6.45, 7) is 4.07. The zero-order valence-electron chi connectivity index (χ0n) is 11.9. The minimum absolute atomic E-state index is 0.808. The number of anilines is 1. The summed E-state index contributed by atoms with van der Waals surface area (Å²) >= 11 is 0. The van der Waals surface area contributed by atoms with Gasteiger partial charge in [-0.2, -0.15) is 5.10 Å². The van der Waals surface area contributed by atoms with Crippen LogP contribution in [0.4, 0.5) is 5.82 Å². The molecule has 0 aliphatic carbocycles. The molecular formula is C15H16N6. The summed E-state index contributed by atoms with van der Waals surface area (Å²) < 4.78 is 0. The monoisotopic (exact) mass is 280 g/mol. The molecule has 0 spiro atoms. The molecule has 0 radical (unpaired) electrons. The van der Waals surface area contributed by atoms with Gasteiger partial charge in [0.05, 0.1) is 5.69 Å². The number of H-pyrrole nitrogens is 1. The molecule has 6 nitrogen and oxygen atoms in total. The first-order valence-corrected chi connectivity index (χ1v) is 7.20. The van der Waals surface area contributed by atoms with E-state index in [4.69, 9.17) is 0 Å². The fraction of sp³-hybridized carbons (Fsp3) is 0.333. The SMILES string of the molecule is Cc1n[nH]c2ncc(-c3nccnc3N3CCCC3)cc12. The van der Waals surface area contributed by atoms with Gasteiger partial charge in [-0.1, -0.05) is 0 Å². The number of hydrogen-bond donors (Lipinski definition) is 1. The molecule has 0 aromatic carbocycles. The molecule has 1 fully saturated rings. The summed E-state index contributed by atoms with van der Waals surface area (Å²) in [6.07, 6.45) is 7.76. The molecule has 4 rings (SSSR count). The van der Waals surface area contributed by atoms with Gasteiger partial charge in [-0.25, -0.2) is 9.97 Å². The Hall–Kier alpha value is -2.50. The average Bonchev–Trinajstić information content (AvgIpc) is 3.18. The first-order chi connectivity index (χ1) is 10.3. The zero-order valence-corrected chi connectivity index (χ0v) is 11.9. The van der Waals surface area contributed by atoms with Gasteiger partial charge in [0.25, 0.3) is 0 Å². The molecule has 21 heavy (non-hydrogen) atoms. The maximum atomic E-state index is 4.54. The van der Waals surface area contributed by atoms with Crippen LogP contribution >= 0.6 is 0 Å². The van der Waals surface area contributed by atoms with E-state index in [9.17, 15) is 0 Å². The lowest BCUT2D eigenvalue weighted by molar-refractivity contribution is 0.929. The summed E-state index contributed by atoms with van der Waals surface area (Å²) in [6, 6.07) is 2.09. The number of aromatic nitrogens is 5. The van der Waals surface area contributed by atoms with Crippen LogP contribution in [0.25, 0.3) is 22.3 Å². The number of nitrogens with one attached hydrogen (secondary N) is 1. The molecule has 1 saturated heterocycles. The van der Waals surface area contributed by atoms with E-state index < -0.39 is 0 Å². The molecule has 0 unspecified atom stereocenters.